The monoisotopic (exact) mass is 316 g/mol. The van der Waals surface area contributed by atoms with Crippen molar-refractivity contribution in [2.75, 3.05) is 5.88 Å². The van der Waals surface area contributed by atoms with Crippen molar-refractivity contribution in [1.29, 1.82) is 0 Å². The summed E-state index contributed by atoms with van der Waals surface area (Å²) in [5.41, 5.74) is 1.30. The lowest BCUT2D eigenvalue weighted by Crippen LogP contribution is -2.14. The van der Waals surface area contributed by atoms with Crippen molar-refractivity contribution in [1.82, 2.24) is 0 Å². The molecule has 0 saturated carbocycles. The number of hydrogen-bond donors (Lipinski definition) is 0. The largest absolute Gasteiger partial charge is 0.375 e. The van der Waals surface area contributed by atoms with E-state index < -0.39 is 0 Å². The molecule has 3 atom stereocenters. The molecule has 1 heterocycles. The van der Waals surface area contributed by atoms with Crippen LogP contribution < -0.4 is 0 Å². The molecule has 0 radical (unpaired) electrons. The zero-order valence-electron chi connectivity index (χ0n) is 10.0. The minimum absolute atomic E-state index is 0.382. The van der Waals surface area contributed by atoms with Gasteiger partial charge < -0.3 is 4.74 Å². The van der Waals surface area contributed by atoms with E-state index >= 15 is 0 Å². The van der Waals surface area contributed by atoms with Crippen LogP contribution in [-0.2, 0) is 4.74 Å². The third kappa shape index (κ3) is 3.70. The molecule has 1 fully saturated rings. The maximum Gasteiger partial charge on any atom is 0.0586 e. The van der Waals surface area contributed by atoms with Crippen LogP contribution in [-0.4, -0.2) is 18.1 Å². The van der Waals surface area contributed by atoms with Crippen molar-refractivity contribution in [3.8, 4) is 0 Å². The highest BCUT2D eigenvalue weighted by atomic mass is 79.9. The van der Waals surface area contributed by atoms with E-state index in [-0.39, 0.29) is 0 Å². The van der Waals surface area contributed by atoms with Crippen molar-refractivity contribution >= 4 is 27.5 Å². The Hall–Kier alpha value is -0.0500. The molecule has 0 bridgehead atoms. The first-order valence-corrected chi connectivity index (χ1v) is 7.48. The Kier molecular flexibility index (Phi) is 4.89. The van der Waals surface area contributed by atoms with Gasteiger partial charge in [0, 0.05) is 10.4 Å². The van der Waals surface area contributed by atoms with Crippen LogP contribution in [0.1, 0.15) is 37.7 Å². The summed E-state index contributed by atoms with van der Waals surface area (Å²) in [6.45, 7) is 2.15. The summed E-state index contributed by atoms with van der Waals surface area (Å²) in [5, 5.41) is 0. The summed E-state index contributed by atoms with van der Waals surface area (Å²) in [6, 6.07) is 8.42. The van der Waals surface area contributed by atoms with Gasteiger partial charge in [0.15, 0.2) is 0 Å². The molecule has 17 heavy (non-hydrogen) atoms. The highest BCUT2D eigenvalue weighted by Crippen LogP contribution is 2.31. The number of rotatable bonds is 4. The molecule has 0 spiro atoms. The Morgan fingerprint density at radius 3 is 2.88 bits per heavy atom. The third-order valence-electron chi connectivity index (χ3n) is 3.37. The van der Waals surface area contributed by atoms with E-state index in [9.17, 15) is 0 Å². The number of halogens is 2. The molecule has 0 aromatic heterocycles. The molecule has 1 aliphatic rings. The van der Waals surface area contributed by atoms with Gasteiger partial charge in [-0.15, -0.1) is 11.6 Å². The molecule has 94 valence electrons. The number of hydrogen-bond acceptors (Lipinski definition) is 1. The number of ether oxygens (including phenoxy) is 1. The summed E-state index contributed by atoms with van der Waals surface area (Å²) >= 11 is 9.61. The first-order valence-electron chi connectivity index (χ1n) is 6.16. The Morgan fingerprint density at radius 1 is 1.47 bits per heavy atom. The zero-order chi connectivity index (χ0) is 12.3. The van der Waals surface area contributed by atoms with Gasteiger partial charge >= 0.3 is 0 Å². The average molecular weight is 318 g/mol. The van der Waals surface area contributed by atoms with Crippen molar-refractivity contribution in [3.05, 3.63) is 34.3 Å². The minimum Gasteiger partial charge on any atom is -0.375 e. The molecule has 0 amide bonds. The number of alkyl halides is 1. The van der Waals surface area contributed by atoms with E-state index in [4.69, 9.17) is 16.3 Å². The maximum atomic E-state index is 6.10. The van der Waals surface area contributed by atoms with Gasteiger partial charge in [-0.05, 0) is 49.8 Å². The van der Waals surface area contributed by atoms with Gasteiger partial charge in [-0.1, -0.05) is 28.1 Å². The molecule has 0 aliphatic carbocycles. The zero-order valence-corrected chi connectivity index (χ0v) is 12.4. The first kappa shape index (κ1) is 13.4. The second-order valence-corrected chi connectivity index (χ2v) is 6.01. The lowest BCUT2D eigenvalue weighted by atomic mass is 9.94. The van der Waals surface area contributed by atoms with E-state index in [0.29, 0.717) is 24.0 Å². The van der Waals surface area contributed by atoms with Crippen LogP contribution in [0, 0.1) is 0 Å². The predicted molar refractivity (Wildman–Crippen MR) is 75.8 cm³/mol. The second kappa shape index (κ2) is 6.21. The smallest absolute Gasteiger partial charge is 0.0586 e. The van der Waals surface area contributed by atoms with Crippen LogP contribution in [0.4, 0.5) is 0 Å². The fourth-order valence-corrected chi connectivity index (χ4v) is 3.15. The van der Waals surface area contributed by atoms with Gasteiger partial charge in [-0.2, -0.15) is 0 Å². The van der Waals surface area contributed by atoms with Crippen LogP contribution in [0.3, 0.4) is 0 Å². The molecule has 0 N–H and O–H groups in total. The highest BCUT2D eigenvalue weighted by molar-refractivity contribution is 9.10. The van der Waals surface area contributed by atoms with Crippen molar-refractivity contribution in [2.45, 2.75) is 44.3 Å². The second-order valence-electron chi connectivity index (χ2n) is 4.79. The van der Waals surface area contributed by atoms with E-state index in [1.165, 1.54) is 18.4 Å². The van der Waals surface area contributed by atoms with Gasteiger partial charge in [-0.25, -0.2) is 0 Å². The molecule has 1 aromatic carbocycles. The van der Waals surface area contributed by atoms with Crippen molar-refractivity contribution < 1.29 is 4.74 Å². The predicted octanol–water partition coefficient (Wildman–Crippen LogP) is 4.73. The lowest BCUT2D eigenvalue weighted by molar-refractivity contribution is 0.0478. The molecular weight excluding hydrogens is 300 g/mol. The van der Waals surface area contributed by atoms with Gasteiger partial charge in [0.2, 0.25) is 0 Å². The van der Waals surface area contributed by atoms with Crippen LogP contribution in [0.5, 0.6) is 0 Å². The van der Waals surface area contributed by atoms with E-state index in [2.05, 4.69) is 41.1 Å². The lowest BCUT2D eigenvalue weighted by Gasteiger charge is -2.19. The standard InChI is InChI=1S/C14H18BrClO/c1-10-5-6-14(17-10)8-12(9-16)11-3-2-4-13(15)7-11/h2-4,7,10,12,14H,5-6,8-9H2,1H3. The first-order chi connectivity index (χ1) is 8.19. The highest BCUT2D eigenvalue weighted by Gasteiger charge is 2.25. The summed E-state index contributed by atoms with van der Waals surface area (Å²) in [4.78, 5) is 0. The molecule has 1 aromatic rings. The molecule has 3 unspecified atom stereocenters. The Bertz CT molecular complexity index is 369. The normalized spacial score (nSPS) is 26.1. The van der Waals surface area contributed by atoms with Crippen LogP contribution >= 0.6 is 27.5 Å². The summed E-state index contributed by atoms with van der Waals surface area (Å²) < 4.78 is 6.99. The fourth-order valence-electron chi connectivity index (χ4n) is 2.42. The average Bonchev–Trinajstić information content (AvgIpc) is 2.72. The molecule has 2 rings (SSSR count). The molecule has 3 heteroatoms. The molecular formula is C14H18BrClO. The van der Waals surface area contributed by atoms with E-state index in [1.54, 1.807) is 0 Å². The van der Waals surface area contributed by atoms with Crippen LogP contribution in [0.25, 0.3) is 0 Å². The fraction of sp³-hybridized carbons (Fsp3) is 0.571. The number of benzene rings is 1. The van der Waals surface area contributed by atoms with Gasteiger partial charge in [0.1, 0.15) is 0 Å². The van der Waals surface area contributed by atoms with Gasteiger partial charge in [-0.3, -0.25) is 0 Å². The van der Waals surface area contributed by atoms with Gasteiger partial charge in [0.25, 0.3) is 0 Å². The Balaban J connectivity index is 2.01. The Labute approximate surface area is 117 Å². The molecule has 1 nitrogen and oxygen atoms in total. The maximum absolute atomic E-state index is 6.10. The topological polar surface area (TPSA) is 9.23 Å². The van der Waals surface area contributed by atoms with Gasteiger partial charge in [0.05, 0.1) is 12.2 Å². The van der Waals surface area contributed by atoms with E-state index in [1.807, 2.05) is 6.07 Å². The SMILES string of the molecule is CC1CCC(CC(CCl)c2cccc(Br)c2)O1. The summed E-state index contributed by atoms with van der Waals surface area (Å²) in [6.07, 6.45) is 4.18. The quantitative estimate of drug-likeness (QED) is 0.730. The molecule has 1 aliphatic heterocycles. The van der Waals surface area contributed by atoms with Crippen molar-refractivity contribution in [2.24, 2.45) is 0 Å². The van der Waals surface area contributed by atoms with Crippen LogP contribution in [0.15, 0.2) is 28.7 Å². The van der Waals surface area contributed by atoms with Crippen LogP contribution in [0.2, 0.25) is 0 Å². The summed E-state index contributed by atoms with van der Waals surface area (Å²) in [7, 11) is 0. The third-order valence-corrected chi connectivity index (χ3v) is 4.24. The summed E-state index contributed by atoms with van der Waals surface area (Å²) in [5.74, 6) is 1.05. The van der Waals surface area contributed by atoms with E-state index in [0.717, 1.165) is 10.9 Å². The Morgan fingerprint density at radius 2 is 2.29 bits per heavy atom. The minimum atomic E-state index is 0.382. The van der Waals surface area contributed by atoms with Crippen molar-refractivity contribution in [3.63, 3.8) is 0 Å². The molecule has 1 saturated heterocycles.